The van der Waals surface area contributed by atoms with E-state index in [-0.39, 0.29) is 11.5 Å². The quantitative estimate of drug-likeness (QED) is 0.232. The number of hydrogen-bond acceptors (Lipinski definition) is 5. The molecular weight excluding hydrogens is 442 g/mol. The van der Waals surface area contributed by atoms with Gasteiger partial charge in [0, 0.05) is 32.8 Å². The minimum Gasteiger partial charge on any atom is -0.508 e. The zero-order chi connectivity index (χ0) is 22.7. The highest BCUT2D eigenvalue weighted by Gasteiger charge is 2.22. The van der Waals surface area contributed by atoms with E-state index in [4.69, 9.17) is 16.3 Å². The Morgan fingerprint density at radius 2 is 1.88 bits per heavy atom. The summed E-state index contributed by atoms with van der Waals surface area (Å²) in [5.41, 5.74) is 3.23. The summed E-state index contributed by atoms with van der Waals surface area (Å²) < 4.78 is 6.64. The van der Waals surface area contributed by atoms with Crippen molar-refractivity contribution in [3.05, 3.63) is 81.7 Å². The van der Waals surface area contributed by atoms with Gasteiger partial charge in [0.05, 0.1) is 4.88 Å². The molecule has 0 bridgehead atoms. The molecule has 1 heterocycles. The average Bonchev–Trinajstić information content (AvgIpc) is 3.17. The van der Waals surface area contributed by atoms with Crippen LogP contribution in [-0.4, -0.2) is 30.6 Å². The van der Waals surface area contributed by atoms with E-state index in [9.17, 15) is 9.90 Å². The summed E-state index contributed by atoms with van der Waals surface area (Å²) in [6.07, 6.45) is 0. The predicted molar refractivity (Wildman–Crippen MR) is 133 cm³/mol. The van der Waals surface area contributed by atoms with Gasteiger partial charge in [-0.2, -0.15) is 0 Å². The largest absolute Gasteiger partial charge is 0.508 e. The molecule has 0 atom stereocenters. The Hall–Kier alpha value is -2.86. The topological polar surface area (TPSA) is 58.6 Å². The molecule has 6 heteroatoms. The van der Waals surface area contributed by atoms with Gasteiger partial charge in [-0.1, -0.05) is 36.7 Å². The number of thiophene rings is 1. The Balaban J connectivity index is 1.76. The number of ketones is 1. The van der Waals surface area contributed by atoms with Gasteiger partial charge in [-0.25, -0.2) is 0 Å². The Morgan fingerprint density at radius 3 is 2.62 bits per heavy atom. The lowest BCUT2D eigenvalue weighted by molar-refractivity contribution is 0.104. The van der Waals surface area contributed by atoms with Crippen molar-refractivity contribution in [3.63, 3.8) is 0 Å². The molecule has 0 saturated carbocycles. The molecule has 4 rings (SSSR count). The van der Waals surface area contributed by atoms with Crippen molar-refractivity contribution in [3.8, 4) is 22.6 Å². The van der Waals surface area contributed by atoms with Crippen LogP contribution >= 0.6 is 22.9 Å². The molecule has 4 nitrogen and oxygen atoms in total. The summed E-state index contributed by atoms with van der Waals surface area (Å²) in [5.74, 6) is 0.877. The molecule has 0 radical (unpaired) electrons. The molecule has 0 aliphatic carbocycles. The van der Waals surface area contributed by atoms with E-state index in [1.807, 2.05) is 43.3 Å². The molecule has 0 amide bonds. The van der Waals surface area contributed by atoms with Crippen LogP contribution in [0.2, 0.25) is 5.02 Å². The zero-order valence-electron chi connectivity index (χ0n) is 17.9. The fourth-order valence-corrected chi connectivity index (χ4v) is 5.01. The lowest BCUT2D eigenvalue weighted by Gasteiger charge is -2.10. The third-order valence-corrected chi connectivity index (χ3v) is 6.65. The number of phenolic OH excluding ortho intramolecular Hbond substituents is 1. The molecule has 164 valence electrons. The van der Waals surface area contributed by atoms with Crippen LogP contribution in [0.5, 0.6) is 11.5 Å². The van der Waals surface area contributed by atoms with Crippen LogP contribution in [0.4, 0.5) is 0 Å². The van der Waals surface area contributed by atoms with E-state index in [0.717, 1.165) is 45.6 Å². The van der Waals surface area contributed by atoms with Crippen LogP contribution in [0, 0.1) is 6.92 Å². The molecule has 0 saturated heterocycles. The Bertz CT molecular complexity index is 1260. The van der Waals surface area contributed by atoms with Crippen LogP contribution in [0.25, 0.3) is 21.2 Å². The highest BCUT2D eigenvalue weighted by Crippen LogP contribution is 2.42. The van der Waals surface area contributed by atoms with Crippen LogP contribution < -0.4 is 10.1 Å². The average molecular weight is 466 g/mol. The first-order valence-corrected chi connectivity index (χ1v) is 11.7. The first-order valence-electron chi connectivity index (χ1n) is 10.5. The van der Waals surface area contributed by atoms with Crippen molar-refractivity contribution in [1.29, 1.82) is 0 Å². The van der Waals surface area contributed by atoms with E-state index in [2.05, 4.69) is 12.2 Å². The van der Waals surface area contributed by atoms with Gasteiger partial charge >= 0.3 is 0 Å². The Kier molecular flexibility index (Phi) is 6.80. The third kappa shape index (κ3) is 4.65. The summed E-state index contributed by atoms with van der Waals surface area (Å²) in [6, 6.07) is 18.3. The number of ether oxygens (including phenoxy) is 1. The molecule has 0 unspecified atom stereocenters. The first kappa shape index (κ1) is 22.3. The summed E-state index contributed by atoms with van der Waals surface area (Å²) in [7, 11) is 0. The number of likely N-dealkylation sites (N-methyl/N-ethyl adjacent to an activating group) is 1. The molecule has 4 aromatic rings. The maximum Gasteiger partial charge on any atom is 0.203 e. The van der Waals surface area contributed by atoms with E-state index >= 15 is 0 Å². The normalized spacial score (nSPS) is 11.1. The highest BCUT2D eigenvalue weighted by atomic mass is 35.5. The highest BCUT2D eigenvalue weighted by molar-refractivity contribution is 7.21. The molecule has 32 heavy (non-hydrogen) atoms. The molecular formula is C26H24ClNO3S. The summed E-state index contributed by atoms with van der Waals surface area (Å²) in [4.78, 5) is 14.2. The van der Waals surface area contributed by atoms with Crippen molar-refractivity contribution < 1.29 is 14.6 Å². The fourth-order valence-electron chi connectivity index (χ4n) is 3.63. The number of phenols is 1. The van der Waals surface area contributed by atoms with Crippen molar-refractivity contribution in [2.24, 2.45) is 0 Å². The van der Waals surface area contributed by atoms with Crippen LogP contribution in [-0.2, 0) is 0 Å². The van der Waals surface area contributed by atoms with Crippen molar-refractivity contribution in [1.82, 2.24) is 5.32 Å². The second-order valence-corrected chi connectivity index (χ2v) is 8.99. The van der Waals surface area contributed by atoms with Gasteiger partial charge in [-0.3, -0.25) is 4.79 Å². The molecule has 0 fully saturated rings. The summed E-state index contributed by atoms with van der Waals surface area (Å²) >= 11 is 7.56. The van der Waals surface area contributed by atoms with Crippen LogP contribution in [0.1, 0.15) is 27.7 Å². The monoisotopic (exact) mass is 465 g/mol. The van der Waals surface area contributed by atoms with E-state index in [1.54, 1.807) is 24.3 Å². The molecule has 0 aliphatic heterocycles. The molecule has 1 aromatic heterocycles. The van der Waals surface area contributed by atoms with Crippen LogP contribution in [0.3, 0.4) is 0 Å². The number of aryl methyl sites for hydroxylation is 1. The standard InChI is InChI=1S/C26H24ClNO3S/c1-3-28-12-13-31-20-9-5-17(6-10-20)24-21-11-8-19(29)15-23(21)32-26(24)25(30)22-14-18(27)7-4-16(22)2/h4-11,14-15,28-29H,3,12-13H2,1-2H3. The number of carbonyl (C=O) groups is 1. The number of fused-ring (bicyclic) bond motifs is 1. The van der Waals surface area contributed by atoms with Crippen molar-refractivity contribution in [2.75, 3.05) is 19.7 Å². The van der Waals surface area contributed by atoms with Crippen molar-refractivity contribution in [2.45, 2.75) is 13.8 Å². The van der Waals surface area contributed by atoms with Gasteiger partial charge in [0.15, 0.2) is 0 Å². The minimum atomic E-state index is -0.0772. The number of rotatable bonds is 8. The SMILES string of the molecule is CCNCCOc1ccc(-c2c(C(=O)c3cc(Cl)ccc3C)sc3cc(O)ccc23)cc1. The Morgan fingerprint density at radius 1 is 1.09 bits per heavy atom. The molecule has 2 N–H and O–H groups in total. The van der Waals surface area contributed by atoms with E-state index < -0.39 is 0 Å². The Labute approximate surface area is 196 Å². The lowest BCUT2D eigenvalue weighted by atomic mass is 9.96. The second-order valence-electron chi connectivity index (χ2n) is 7.50. The molecule has 0 aliphatic rings. The zero-order valence-corrected chi connectivity index (χ0v) is 19.5. The van der Waals surface area contributed by atoms with Gasteiger partial charge < -0.3 is 15.2 Å². The van der Waals surface area contributed by atoms with Gasteiger partial charge in [-0.15, -0.1) is 11.3 Å². The smallest absolute Gasteiger partial charge is 0.203 e. The van der Waals surface area contributed by atoms with Gasteiger partial charge in [0.2, 0.25) is 5.78 Å². The van der Waals surface area contributed by atoms with E-state index in [0.29, 0.717) is 22.1 Å². The van der Waals surface area contributed by atoms with Gasteiger partial charge in [-0.05, 0) is 67.1 Å². The fraction of sp³-hybridized carbons (Fsp3) is 0.192. The summed E-state index contributed by atoms with van der Waals surface area (Å²) in [6.45, 7) is 6.25. The summed E-state index contributed by atoms with van der Waals surface area (Å²) in [5, 5.41) is 14.7. The number of hydrogen-bond donors (Lipinski definition) is 2. The van der Waals surface area contributed by atoms with Gasteiger partial charge in [0.25, 0.3) is 0 Å². The number of halogens is 1. The van der Waals surface area contributed by atoms with Crippen molar-refractivity contribution >= 4 is 38.8 Å². The minimum absolute atomic E-state index is 0.0772. The maximum absolute atomic E-state index is 13.6. The third-order valence-electron chi connectivity index (χ3n) is 5.26. The maximum atomic E-state index is 13.6. The number of aromatic hydroxyl groups is 1. The number of carbonyl (C=O) groups excluding carboxylic acids is 1. The number of benzene rings is 3. The first-order chi connectivity index (χ1) is 15.5. The molecule has 3 aromatic carbocycles. The van der Waals surface area contributed by atoms with Gasteiger partial charge in [0.1, 0.15) is 18.1 Å². The predicted octanol–water partition coefficient (Wildman–Crippen LogP) is 6.46. The second kappa shape index (κ2) is 9.74. The van der Waals surface area contributed by atoms with Crippen LogP contribution in [0.15, 0.2) is 60.7 Å². The molecule has 0 spiro atoms. The lowest BCUT2D eigenvalue weighted by Crippen LogP contribution is -2.20. The van der Waals surface area contributed by atoms with E-state index in [1.165, 1.54) is 11.3 Å². The number of nitrogens with one attached hydrogen (secondary N) is 1.